The first-order chi connectivity index (χ1) is 14.6. The van der Waals surface area contributed by atoms with Crippen LogP contribution < -0.4 is 5.32 Å². The topological polar surface area (TPSA) is 66.7 Å². The van der Waals surface area contributed by atoms with Crippen molar-refractivity contribution < 1.29 is 18.3 Å². The van der Waals surface area contributed by atoms with E-state index in [1.807, 2.05) is 39.0 Å². The van der Waals surface area contributed by atoms with E-state index in [4.69, 9.17) is 14.9 Å². The molecule has 0 saturated heterocycles. The zero-order valence-corrected chi connectivity index (χ0v) is 18.6. The number of aliphatic imine (C=N–C) groups is 1. The van der Waals surface area contributed by atoms with E-state index in [0.717, 1.165) is 18.1 Å². The molecule has 1 unspecified atom stereocenters. The minimum absolute atomic E-state index is 0.0179. The van der Waals surface area contributed by atoms with Gasteiger partial charge < -0.3 is 20.2 Å². The van der Waals surface area contributed by atoms with Gasteiger partial charge in [-0.15, -0.1) is 0 Å². The molecule has 0 bridgehead atoms. The van der Waals surface area contributed by atoms with Crippen molar-refractivity contribution in [2.24, 2.45) is 10.9 Å². The van der Waals surface area contributed by atoms with Crippen LogP contribution in [0.1, 0.15) is 34.1 Å². The Morgan fingerprint density at radius 2 is 2.16 bits per heavy atom. The molecule has 1 aliphatic carbocycles. The van der Waals surface area contributed by atoms with Crippen LogP contribution in [0.3, 0.4) is 0 Å². The zero-order valence-electron chi connectivity index (χ0n) is 18.6. The van der Waals surface area contributed by atoms with Crippen LogP contribution in [0.4, 0.5) is 8.78 Å². The Labute approximate surface area is 183 Å². The van der Waals surface area contributed by atoms with Crippen molar-refractivity contribution in [3.8, 4) is 0 Å². The van der Waals surface area contributed by atoms with E-state index in [1.165, 1.54) is 0 Å². The van der Waals surface area contributed by atoms with Crippen molar-refractivity contribution in [1.29, 1.82) is 5.41 Å². The molecule has 1 aliphatic heterocycles. The number of nitrogens with one attached hydrogen (secondary N) is 2. The van der Waals surface area contributed by atoms with Gasteiger partial charge in [-0.25, -0.2) is 8.78 Å². The molecule has 168 valence electrons. The van der Waals surface area contributed by atoms with Gasteiger partial charge in [-0.05, 0) is 37.5 Å². The fourth-order valence-electron chi connectivity index (χ4n) is 3.24. The monoisotopic (exact) mass is 431 g/mol. The van der Waals surface area contributed by atoms with Gasteiger partial charge >= 0.3 is 0 Å². The molecular formula is C24H31F2N3O2. The van der Waals surface area contributed by atoms with Crippen molar-refractivity contribution >= 4 is 11.4 Å². The van der Waals surface area contributed by atoms with Gasteiger partial charge in [0, 0.05) is 37.4 Å². The van der Waals surface area contributed by atoms with Crippen molar-refractivity contribution in [1.82, 2.24) is 5.32 Å². The van der Waals surface area contributed by atoms with Crippen LogP contribution in [-0.2, 0) is 9.47 Å². The Kier molecular flexibility index (Phi) is 8.54. The van der Waals surface area contributed by atoms with E-state index in [-0.39, 0.29) is 5.92 Å². The molecule has 0 amide bonds. The average molecular weight is 432 g/mol. The minimum atomic E-state index is -2.88. The maximum atomic E-state index is 13.3. The highest BCUT2D eigenvalue weighted by Gasteiger charge is 2.25. The van der Waals surface area contributed by atoms with Gasteiger partial charge in [0.2, 0.25) is 0 Å². The molecule has 5 nitrogen and oxygen atoms in total. The third kappa shape index (κ3) is 7.35. The fraction of sp³-hybridized carbons (Fsp3) is 0.417. The number of ether oxygens (including phenoxy) is 2. The highest BCUT2D eigenvalue weighted by Crippen LogP contribution is 2.26. The lowest BCUT2D eigenvalue weighted by molar-refractivity contribution is -0.0484. The van der Waals surface area contributed by atoms with Crippen LogP contribution in [0.5, 0.6) is 0 Å². The van der Waals surface area contributed by atoms with Crippen LogP contribution in [0.25, 0.3) is 0 Å². The second-order valence-corrected chi connectivity index (χ2v) is 7.67. The Balaban J connectivity index is 2.16. The van der Waals surface area contributed by atoms with E-state index < -0.39 is 12.5 Å². The number of hydrogen-bond acceptors (Lipinski definition) is 5. The summed E-state index contributed by atoms with van der Waals surface area (Å²) in [6.07, 6.45) is 11.5. The van der Waals surface area contributed by atoms with E-state index in [2.05, 4.69) is 16.9 Å². The standard InChI is InChI=1S/C24H31F2N3O2/c1-6-30-18(4)22-20(21(27)10-11-29-22)14-28-13-19-9-7-8-16(2)23(17(3)12-19)31-15-24(5,25)26/h7,9-12,14,16,27-28H,4,6,8,13,15H2,1-3,5H3/b9-7+,19-12+,20-14+,23-17+,27-21?. The average Bonchev–Trinajstić information content (AvgIpc) is 2.67. The molecule has 1 heterocycles. The minimum Gasteiger partial charge on any atom is -0.492 e. The maximum Gasteiger partial charge on any atom is 0.278 e. The van der Waals surface area contributed by atoms with Gasteiger partial charge in [0.05, 0.1) is 12.3 Å². The Morgan fingerprint density at radius 3 is 2.84 bits per heavy atom. The summed E-state index contributed by atoms with van der Waals surface area (Å²) >= 11 is 0. The van der Waals surface area contributed by atoms with E-state index >= 15 is 0 Å². The lowest BCUT2D eigenvalue weighted by atomic mass is 9.96. The van der Waals surface area contributed by atoms with Crippen LogP contribution >= 0.6 is 0 Å². The molecule has 0 radical (unpaired) electrons. The molecule has 2 N–H and O–H groups in total. The van der Waals surface area contributed by atoms with E-state index in [9.17, 15) is 8.78 Å². The molecule has 2 rings (SSSR count). The van der Waals surface area contributed by atoms with Crippen LogP contribution in [0.15, 0.2) is 76.5 Å². The summed E-state index contributed by atoms with van der Waals surface area (Å²) in [5.74, 6) is -1.86. The number of hydrogen-bond donors (Lipinski definition) is 2. The third-order valence-electron chi connectivity index (χ3n) is 4.67. The third-order valence-corrected chi connectivity index (χ3v) is 4.67. The molecule has 1 atom stereocenters. The summed E-state index contributed by atoms with van der Waals surface area (Å²) < 4.78 is 37.4. The molecule has 2 aliphatic rings. The quantitative estimate of drug-likeness (QED) is 0.476. The molecule has 0 aromatic carbocycles. The predicted octanol–water partition coefficient (Wildman–Crippen LogP) is 5.47. The molecule has 0 aromatic heterocycles. The number of alkyl halides is 2. The second-order valence-electron chi connectivity index (χ2n) is 7.67. The normalized spacial score (nSPS) is 25.8. The van der Waals surface area contributed by atoms with Crippen LogP contribution in [0.2, 0.25) is 0 Å². The Hall–Kier alpha value is -2.96. The summed E-state index contributed by atoms with van der Waals surface area (Å²) in [5, 5.41) is 11.4. The molecule has 0 spiro atoms. The highest BCUT2D eigenvalue weighted by atomic mass is 19.3. The lowest BCUT2D eigenvalue weighted by Crippen LogP contribution is -2.21. The Morgan fingerprint density at radius 1 is 1.42 bits per heavy atom. The predicted molar refractivity (Wildman–Crippen MR) is 121 cm³/mol. The number of nitrogens with zero attached hydrogens (tertiary/aromatic N) is 1. The molecule has 0 aromatic rings. The summed E-state index contributed by atoms with van der Waals surface area (Å²) in [6, 6.07) is 0. The first-order valence-corrected chi connectivity index (χ1v) is 10.3. The summed E-state index contributed by atoms with van der Waals surface area (Å²) in [4.78, 5) is 4.29. The zero-order chi connectivity index (χ0) is 23.0. The lowest BCUT2D eigenvalue weighted by Gasteiger charge is -2.22. The Bertz CT molecular complexity index is 887. The number of halogens is 2. The van der Waals surface area contributed by atoms with Gasteiger partial charge in [-0.1, -0.05) is 31.7 Å². The SMILES string of the molecule is C=C(OCC)C1=NC=CC(=N)/C1=C\NCC1=C/C(C)=C(/OCC(C)(F)F)C(C)C\C=C\1. The van der Waals surface area contributed by atoms with Crippen molar-refractivity contribution in [2.75, 3.05) is 19.8 Å². The van der Waals surface area contributed by atoms with Gasteiger partial charge in [0.15, 0.2) is 6.61 Å². The van der Waals surface area contributed by atoms with Gasteiger partial charge in [0.1, 0.15) is 17.2 Å². The molecule has 7 heteroatoms. The largest absolute Gasteiger partial charge is 0.492 e. The van der Waals surface area contributed by atoms with Crippen molar-refractivity contribution in [3.05, 3.63) is 71.5 Å². The van der Waals surface area contributed by atoms with Gasteiger partial charge in [0.25, 0.3) is 5.92 Å². The smallest absolute Gasteiger partial charge is 0.278 e. The van der Waals surface area contributed by atoms with Crippen LogP contribution in [-0.4, -0.2) is 37.1 Å². The summed E-state index contributed by atoms with van der Waals surface area (Å²) in [5.41, 5.74) is 3.20. The first kappa shape index (κ1) is 24.3. The highest BCUT2D eigenvalue weighted by molar-refractivity contribution is 6.32. The number of allylic oxidation sites excluding steroid dienone is 6. The van der Waals surface area contributed by atoms with Gasteiger partial charge in [-0.3, -0.25) is 4.99 Å². The molecule has 31 heavy (non-hydrogen) atoms. The fourth-order valence-corrected chi connectivity index (χ4v) is 3.24. The molecular weight excluding hydrogens is 400 g/mol. The second kappa shape index (κ2) is 10.9. The van der Waals surface area contributed by atoms with E-state index in [0.29, 0.717) is 48.1 Å². The summed E-state index contributed by atoms with van der Waals surface area (Å²) in [6.45, 7) is 10.7. The number of rotatable bonds is 9. The van der Waals surface area contributed by atoms with Crippen molar-refractivity contribution in [2.45, 2.75) is 40.0 Å². The van der Waals surface area contributed by atoms with Gasteiger partial charge in [-0.2, -0.15) is 0 Å². The van der Waals surface area contributed by atoms with Crippen LogP contribution in [0, 0.1) is 11.3 Å². The van der Waals surface area contributed by atoms with Crippen molar-refractivity contribution in [3.63, 3.8) is 0 Å². The first-order valence-electron chi connectivity index (χ1n) is 10.3. The molecule has 0 saturated carbocycles. The summed E-state index contributed by atoms with van der Waals surface area (Å²) in [7, 11) is 0. The maximum absolute atomic E-state index is 13.3. The van der Waals surface area contributed by atoms with E-state index in [1.54, 1.807) is 18.5 Å². The molecule has 0 fully saturated rings.